The second-order valence-corrected chi connectivity index (χ2v) is 5.06. The minimum absolute atomic E-state index is 0.0805. The molecule has 1 atom stereocenters. The van der Waals surface area contributed by atoms with Crippen molar-refractivity contribution in [1.29, 1.82) is 0 Å². The highest BCUT2D eigenvalue weighted by Crippen LogP contribution is 2.29. The van der Waals surface area contributed by atoms with E-state index >= 15 is 0 Å². The fourth-order valence-electron chi connectivity index (χ4n) is 2.09. The number of hydrogen-bond donors (Lipinski definition) is 2. The molecule has 0 fully saturated rings. The molecule has 0 aromatic heterocycles. The highest BCUT2D eigenvalue weighted by Gasteiger charge is 2.39. The third-order valence-electron chi connectivity index (χ3n) is 2.98. The number of carbonyl (C=O) groups excluding carboxylic acids is 1. The molecule has 0 bridgehead atoms. The van der Waals surface area contributed by atoms with E-state index in [1.54, 1.807) is 36.4 Å². The van der Waals surface area contributed by atoms with Crippen molar-refractivity contribution < 1.29 is 19.7 Å². The van der Waals surface area contributed by atoms with E-state index in [9.17, 15) is 15.0 Å². The number of ketones is 1. The van der Waals surface area contributed by atoms with Crippen molar-refractivity contribution in [2.45, 2.75) is 25.7 Å². The number of benzene rings is 1. The lowest BCUT2D eigenvalue weighted by atomic mass is 9.86. The Morgan fingerprint density at radius 1 is 1.25 bits per heavy atom. The minimum Gasteiger partial charge on any atom is -0.491 e. The van der Waals surface area contributed by atoms with Gasteiger partial charge in [-0.05, 0) is 19.9 Å². The lowest BCUT2D eigenvalue weighted by molar-refractivity contribution is -0.139. The van der Waals surface area contributed by atoms with Crippen molar-refractivity contribution in [3.63, 3.8) is 0 Å². The van der Waals surface area contributed by atoms with Gasteiger partial charge in [0.05, 0.1) is 12.0 Å². The highest BCUT2D eigenvalue weighted by atomic mass is 16.5. The van der Waals surface area contributed by atoms with Gasteiger partial charge in [0.2, 0.25) is 5.79 Å². The molecule has 1 aromatic rings. The fraction of sp³-hybridized carbons (Fsp3) is 0.312. The monoisotopic (exact) mass is 274 g/mol. The molecule has 106 valence electrons. The van der Waals surface area contributed by atoms with E-state index < -0.39 is 11.7 Å². The molecule has 0 saturated heterocycles. The van der Waals surface area contributed by atoms with Gasteiger partial charge in [-0.3, -0.25) is 4.79 Å². The number of Topliss-reactive ketones (excluding diaryl/α,β-unsaturated/α-hetero) is 1. The Kier molecular flexibility index (Phi) is 4.06. The topological polar surface area (TPSA) is 66.8 Å². The average Bonchev–Trinajstić information content (AvgIpc) is 2.37. The summed E-state index contributed by atoms with van der Waals surface area (Å²) in [4.78, 5) is 12.3. The summed E-state index contributed by atoms with van der Waals surface area (Å²) in [7, 11) is 0. The number of rotatable bonds is 4. The van der Waals surface area contributed by atoms with Crippen molar-refractivity contribution in [1.82, 2.24) is 0 Å². The van der Waals surface area contributed by atoms with Crippen molar-refractivity contribution in [2.75, 3.05) is 0 Å². The normalized spacial score (nSPS) is 20.6. The zero-order chi connectivity index (χ0) is 14.8. The molecule has 0 amide bonds. The maximum atomic E-state index is 12.3. The van der Waals surface area contributed by atoms with Crippen LogP contribution in [0, 0.1) is 5.92 Å². The second-order valence-electron chi connectivity index (χ2n) is 5.06. The first-order valence-corrected chi connectivity index (χ1v) is 6.52. The summed E-state index contributed by atoms with van der Waals surface area (Å²) >= 11 is 0. The molecule has 0 spiro atoms. The van der Waals surface area contributed by atoms with Gasteiger partial charge in [-0.15, -0.1) is 0 Å². The van der Waals surface area contributed by atoms with E-state index in [0.29, 0.717) is 11.3 Å². The minimum atomic E-state index is -2.24. The first-order valence-electron chi connectivity index (χ1n) is 6.52. The number of hydrogen-bond acceptors (Lipinski definition) is 4. The Labute approximate surface area is 118 Å². The summed E-state index contributed by atoms with van der Waals surface area (Å²) < 4.78 is 5.40. The van der Waals surface area contributed by atoms with Crippen LogP contribution >= 0.6 is 0 Å². The van der Waals surface area contributed by atoms with E-state index in [1.165, 1.54) is 12.2 Å². The first-order chi connectivity index (χ1) is 9.40. The molecular weight excluding hydrogens is 256 g/mol. The van der Waals surface area contributed by atoms with E-state index in [2.05, 4.69) is 0 Å². The molecule has 1 aliphatic rings. The van der Waals surface area contributed by atoms with Crippen LogP contribution in [0.15, 0.2) is 54.3 Å². The van der Waals surface area contributed by atoms with E-state index in [-0.39, 0.29) is 11.9 Å². The molecule has 0 saturated carbocycles. The SMILES string of the molecule is CC(C)OC1=CC(O)(O)C(C(=O)c2ccccc2)C=C1. The molecular formula is C16H18O4. The lowest BCUT2D eigenvalue weighted by Gasteiger charge is -2.29. The predicted molar refractivity (Wildman–Crippen MR) is 74.9 cm³/mol. The molecule has 2 rings (SSSR count). The Morgan fingerprint density at radius 2 is 1.90 bits per heavy atom. The Hall–Kier alpha value is -1.91. The van der Waals surface area contributed by atoms with Crippen LogP contribution in [-0.2, 0) is 4.74 Å². The summed E-state index contributed by atoms with van der Waals surface area (Å²) in [6.45, 7) is 3.68. The van der Waals surface area contributed by atoms with Gasteiger partial charge in [0.1, 0.15) is 5.76 Å². The van der Waals surface area contributed by atoms with Crippen LogP contribution in [0.4, 0.5) is 0 Å². The van der Waals surface area contributed by atoms with Crippen LogP contribution in [0.5, 0.6) is 0 Å². The molecule has 0 heterocycles. The van der Waals surface area contributed by atoms with Crippen LogP contribution in [0.3, 0.4) is 0 Å². The predicted octanol–water partition coefficient (Wildman–Crippen LogP) is 2.05. The number of allylic oxidation sites excluding steroid dienone is 1. The van der Waals surface area contributed by atoms with Crippen LogP contribution in [0.25, 0.3) is 0 Å². The number of aliphatic hydroxyl groups is 2. The van der Waals surface area contributed by atoms with Crippen LogP contribution in [-0.4, -0.2) is 27.9 Å². The molecule has 1 aromatic carbocycles. The van der Waals surface area contributed by atoms with E-state index in [1.807, 2.05) is 13.8 Å². The molecule has 4 nitrogen and oxygen atoms in total. The number of carbonyl (C=O) groups is 1. The van der Waals surface area contributed by atoms with E-state index in [4.69, 9.17) is 4.74 Å². The van der Waals surface area contributed by atoms with Crippen molar-refractivity contribution in [2.24, 2.45) is 5.92 Å². The number of ether oxygens (including phenoxy) is 1. The van der Waals surface area contributed by atoms with Gasteiger partial charge in [0, 0.05) is 11.6 Å². The molecule has 1 unspecified atom stereocenters. The summed E-state index contributed by atoms with van der Waals surface area (Å²) in [6, 6.07) is 8.57. The van der Waals surface area contributed by atoms with Crippen molar-refractivity contribution in [3.8, 4) is 0 Å². The quantitative estimate of drug-likeness (QED) is 0.651. The van der Waals surface area contributed by atoms with Gasteiger partial charge < -0.3 is 14.9 Å². The summed E-state index contributed by atoms with van der Waals surface area (Å²) in [6.07, 6.45) is 4.14. The molecule has 1 aliphatic carbocycles. The van der Waals surface area contributed by atoms with Gasteiger partial charge in [-0.25, -0.2) is 0 Å². The van der Waals surface area contributed by atoms with Gasteiger partial charge in [-0.2, -0.15) is 0 Å². The molecule has 0 radical (unpaired) electrons. The molecule has 20 heavy (non-hydrogen) atoms. The Morgan fingerprint density at radius 3 is 2.45 bits per heavy atom. The fourth-order valence-corrected chi connectivity index (χ4v) is 2.09. The largest absolute Gasteiger partial charge is 0.491 e. The second kappa shape index (κ2) is 5.61. The summed E-state index contributed by atoms with van der Waals surface area (Å²) in [5, 5.41) is 20.2. The van der Waals surface area contributed by atoms with E-state index in [0.717, 1.165) is 0 Å². The zero-order valence-corrected chi connectivity index (χ0v) is 11.5. The third kappa shape index (κ3) is 3.15. The lowest BCUT2D eigenvalue weighted by Crippen LogP contribution is -2.41. The smallest absolute Gasteiger partial charge is 0.200 e. The maximum absolute atomic E-state index is 12.3. The van der Waals surface area contributed by atoms with Crippen LogP contribution in [0.1, 0.15) is 24.2 Å². The van der Waals surface area contributed by atoms with Crippen molar-refractivity contribution >= 4 is 5.78 Å². The highest BCUT2D eigenvalue weighted by molar-refractivity contribution is 5.99. The van der Waals surface area contributed by atoms with Gasteiger partial charge in [-0.1, -0.05) is 36.4 Å². The molecule has 0 aliphatic heterocycles. The average molecular weight is 274 g/mol. The first kappa shape index (κ1) is 14.5. The summed E-state index contributed by atoms with van der Waals surface area (Å²) in [5.74, 6) is -3.27. The van der Waals surface area contributed by atoms with Crippen LogP contribution < -0.4 is 0 Å². The van der Waals surface area contributed by atoms with Gasteiger partial charge in [0.25, 0.3) is 0 Å². The Bertz CT molecular complexity index is 541. The third-order valence-corrected chi connectivity index (χ3v) is 2.98. The van der Waals surface area contributed by atoms with Gasteiger partial charge in [0.15, 0.2) is 5.78 Å². The molecule has 2 N–H and O–H groups in total. The Balaban J connectivity index is 2.22. The zero-order valence-electron chi connectivity index (χ0n) is 11.5. The molecule has 4 heteroatoms. The summed E-state index contributed by atoms with van der Waals surface area (Å²) in [5.41, 5.74) is 0.441. The standard InChI is InChI=1S/C16H18O4/c1-11(2)20-13-8-9-14(16(18,19)10-13)15(17)12-6-4-3-5-7-12/h3-11,14,18-19H,1-2H3. The van der Waals surface area contributed by atoms with Gasteiger partial charge >= 0.3 is 0 Å². The maximum Gasteiger partial charge on any atom is 0.200 e. The van der Waals surface area contributed by atoms with Crippen LogP contribution in [0.2, 0.25) is 0 Å². The van der Waals surface area contributed by atoms with Crippen molar-refractivity contribution in [3.05, 3.63) is 59.9 Å².